The highest BCUT2D eigenvalue weighted by atomic mass is 14.4. The van der Waals surface area contributed by atoms with Gasteiger partial charge in [0.05, 0.1) is 0 Å². The number of hydrogen-bond acceptors (Lipinski definition) is 0. The summed E-state index contributed by atoms with van der Waals surface area (Å²) >= 11 is 0. The molecule has 0 rings (SSSR count). The number of allylic oxidation sites excluding steroid dienone is 1. The van der Waals surface area contributed by atoms with E-state index in [1.807, 2.05) is 13.8 Å². The predicted octanol–water partition coefficient (Wildman–Crippen LogP) is 7.44. The van der Waals surface area contributed by atoms with Crippen LogP contribution < -0.4 is 0 Å². The normalized spacial score (nSPS) is 12.2. The van der Waals surface area contributed by atoms with Gasteiger partial charge in [0, 0.05) is 0 Å². The Labute approximate surface area is 124 Å². The third kappa shape index (κ3) is 17.2. The summed E-state index contributed by atoms with van der Waals surface area (Å²) in [5.41, 5.74) is 2.15. The van der Waals surface area contributed by atoms with Gasteiger partial charge in [-0.2, -0.15) is 0 Å². The Hall–Kier alpha value is -0.780. The average Bonchev–Trinajstić information content (AvgIpc) is 2.32. The minimum atomic E-state index is 0.456. The van der Waals surface area contributed by atoms with Crippen LogP contribution in [0.25, 0.3) is 0 Å². The highest BCUT2D eigenvalue weighted by Crippen LogP contribution is 2.44. The molecule has 0 radical (unpaired) electrons. The molecule has 0 saturated carbocycles. The molecule has 0 aromatic carbocycles. The van der Waals surface area contributed by atoms with Crippen LogP contribution >= 0.6 is 0 Å². The van der Waals surface area contributed by atoms with E-state index in [-0.39, 0.29) is 0 Å². The first-order valence-electron chi connectivity index (χ1n) is 7.22. The van der Waals surface area contributed by atoms with E-state index in [2.05, 4.69) is 74.4 Å². The van der Waals surface area contributed by atoms with Gasteiger partial charge in [-0.3, -0.25) is 0 Å². The summed E-state index contributed by atoms with van der Waals surface area (Å²) in [6, 6.07) is 0. The van der Waals surface area contributed by atoms with Crippen LogP contribution in [-0.4, -0.2) is 0 Å². The molecular weight excluding hydrogens is 228 g/mol. The summed E-state index contributed by atoms with van der Waals surface area (Å²) in [7, 11) is 0. The minimum absolute atomic E-state index is 0.456. The van der Waals surface area contributed by atoms with Gasteiger partial charge in [0.2, 0.25) is 0 Å². The van der Waals surface area contributed by atoms with E-state index >= 15 is 0 Å². The van der Waals surface area contributed by atoms with Gasteiger partial charge in [0.1, 0.15) is 0 Å². The van der Waals surface area contributed by atoms with E-state index < -0.39 is 0 Å². The molecule has 0 aliphatic carbocycles. The molecule has 0 aromatic heterocycles. The standard InChI is InChI=1S/C11H24.C4H8.2C2H4/c1-7-9-11(6,8-2)10(3,4)5;1-4(2)3;2*1-2/h7-9H2,1-6H3;1H2,2-3H3;2*1-2H2. The lowest BCUT2D eigenvalue weighted by Crippen LogP contribution is -2.31. The Morgan fingerprint density at radius 3 is 1.16 bits per heavy atom. The molecule has 0 amide bonds. The van der Waals surface area contributed by atoms with Crippen LogP contribution in [0.1, 0.15) is 74.7 Å². The molecule has 0 fully saturated rings. The van der Waals surface area contributed by atoms with E-state index in [4.69, 9.17) is 0 Å². The monoisotopic (exact) mass is 268 g/mol. The third-order valence-corrected chi connectivity index (χ3v) is 3.39. The van der Waals surface area contributed by atoms with Gasteiger partial charge in [0.15, 0.2) is 0 Å². The van der Waals surface area contributed by atoms with Crippen molar-refractivity contribution in [2.75, 3.05) is 0 Å². The van der Waals surface area contributed by atoms with Crippen LogP contribution in [0, 0.1) is 10.8 Å². The summed E-state index contributed by atoms with van der Waals surface area (Å²) in [4.78, 5) is 0. The lowest BCUT2D eigenvalue weighted by atomic mass is 9.64. The summed E-state index contributed by atoms with van der Waals surface area (Å²) in [6.45, 7) is 33.6. The fourth-order valence-electron chi connectivity index (χ4n) is 1.63. The molecule has 0 heteroatoms. The zero-order valence-corrected chi connectivity index (χ0v) is 15.2. The van der Waals surface area contributed by atoms with E-state index in [0.29, 0.717) is 10.8 Å². The molecule has 0 heterocycles. The van der Waals surface area contributed by atoms with Crippen molar-refractivity contribution < 1.29 is 0 Å². The molecule has 0 bridgehead atoms. The highest BCUT2D eigenvalue weighted by molar-refractivity contribution is 4.84. The van der Waals surface area contributed by atoms with E-state index in [0.717, 1.165) is 0 Å². The molecule has 0 N–H and O–H groups in total. The SMILES string of the molecule is C=C.C=C.C=C(C)C.CCCC(C)(CC)C(C)(C)C. The quantitative estimate of drug-likeness (QED) is 0.467. The van der Waals surface area contributed by atoms with Crippen molar-refractivity contribution in [2.24, 2.45) is 10.8 Å². The summed E-state index contributed by atoms with van der Waals surface area (Å²) < 4.78 is 0. The first kappa shape index (κ1) is 26.7. The van der Waals surface area contributed by atoms with Gasteiger partial charge >= 0.3 is 0 Å². The first-order chi connectivity index (χ1) is 8.60. The topological polar surface area (TPSA) is 0 Å². The Kier molecular flexibility index (Phi) is 21.5. The van der Waals surface area contributed by atoms with Gasteiger partial charge in [0.25, 0.3) is 0 Å². The van der Waals surface area contributed by atoms with Gasteiger partial charge in [-0.15, -0.1) is 32.9 Å². The largest absolute Gasteiger partial charge is 0.106 e. The predicted molar refractivity (Wildman–Crippen MR) is 95.8 cm³/mol. The van der Waals surface area contributed by atoms with Crippen molar-refractivity contribution in [3.63, 3.8) is 0 Å². The fourth-order valence-corrected chi connectivity index (χ4v) is 1.63. The molecule has 0 spiro atoms. The molecule has 0 saturated heterocycles. The van der Waals surface area contributed by atoms with Crippen molar-refractivity contribution in [1.29, 1.82) is 0 Å². The van der Waals surface area contributed by atoms with Gasteiger partial charge < -0.3 is 0 Å². The molecule has 116 valence electrons. The first-order valence-corrected chi connectivity index (χ1v) is 7.22. The zero-order chi connectivity index (χ0) is 16.7. The van der Waals surface area contributed by atoms with Crippen molar-refractivity contribution >= 4 is 0 Å². The maximum absolute atomic E-state index is 3.56. The summed E-state index contributed by atoms with van der Waals surface area (Å²) in [5.74, 6) is 0. The Morgan fingerprint density at radius 2 is 1.11 bits per heavy atom. The smallest absolute Gasteiger partial charge is 0.0280 e. The van der Waals surface area contributed by atoms with Crippen LogP contribution in [0.2, 0.25) is 0 Å². The highest BCUT2D eigenvalue weighted by Gasteiger charge is 2.34. The fraction of sp³-hybridized carbons (Fsp3) is 0.684. The number of hydrogen-bond donors (Lipinski definition) is 0. The second kappa shape index (κ2) is 15.3. The number of rotatable bonds is 3. The molecule has 0 aliphatic rings. The molecular formula is C19H40. The van der Waals surface area contributed by atoms with Crippen LogP contribution in [0.4, 0.5) is 0 Å². The summed E-state index contributed by atoms with van der Waals surface area (Å²) in [6.07, 6.45) is 3.96. The second-order valence-electron chi connectivity index (χ2n) is 6.12. The average molecular weight is 269 g/mol. The third-order valence-electron chi connectivity index (χ3n) is 3.39. The van der Waals surface area contributed by atoms with Crippen LogP contribution in [0.15, 0.2) is 38.5 Å². The maximum Gasteiger partial charge on any atom is -0.0280 e. The maximum atomic E-state index is 3.56. The Balaban J connectivity index is -0.000000118. The van der Waals surface area contributed by atoms with Crippen molar-refractivity contribution in [2.45, 2.75) is 74.7 Å². The van der Waals surface area contributed by atoms with Gasteiger partial charge in [-0.25, -0.2) is 0 Å². The minimum Gasteiger partial charge on any atom is -0.106 e. The molecule has 0 aromatic rings. The van der Waals surface area contributed by atoms with E-state index in [9.17, 15) is 0 Å². The van der Waals surface area contributed by atoms with Crippen LogP contribution in [0.5, 0.6) is 0 Å². The zero-order valence-electron chi connectivity index (χ0n) is 15.2. The van der Waals surface area contributed by atoms with E-state index in [1.54, 1.807) is 0 Å². The molecule has 0 aliphatic heterocycles. The van der Waals surface area contributed by atoms with Crippen molar-refractivity contribution in [3.8, 4) is 0 Å². The van der Waals surface area contributed by atoms with Crippen molar-refractivity contribution in [1.82, 2.24) is 0 Å². The lowest BCUT2D eigenvalue weighted by Gasteiger charge is -2.41. The van der Waals surface area contributed by atoms with Gasteiger partial charge in [-0.1, -0.05) is 60.0 Å². The van der Waals surface area contributed by atoms with E-state index in [1.165, 1.54) is 24.8 Å². The van der Waals surface area contributed by atoms with Crippen molar-refractivity contribution in [3.05, 3.63) is 38.5 Å². The van der Waals surface area contributed by atoms with Crippen LogP contribution in [0.3, 0.4) is 0 Å². The Bertz CT molecular complexity index is 189. The molecule has 1 unspecified atom stereocenters. The lowest BCUT2D eigenvalue weighted by molar-refractivity contribution is 0.0901. The Morgan fingerprint density at radius 1 is 0.842 bits per heavy atom. The van der Waals surface area contributed by atoms with Gasteiger partial charge in [-0.05, 0) is 31.1 Å². The summed E-state index contributed by atoms with van der Waals surface area (Å²) in [5, 5.41) is 0. The molecule has 0 nitrogen and oxygen atoms in total. The molecule has 19 heavy (non-hydrogen) atoms. The molecule has 1 atom stereocenters. The second-order valence-corrected chi connectivity index (χ2v) is 6.12. The van der Waals surface area contributed by atoms with Crippen LogP contribution in [-0.2, 0) is 0 Å².